The van der Waals surface area contributed by atoms with Crippen molar-refractivity contribution in [1.29, 1.82) is 0 Å². The van der Waals surface area contributed by atoms with Gasteiger partial charge in [-0.1, -0.05) is 126 Å². The molecule has 0 aliphatic heterocycles. The van der Waals surface area contributed by atoms with Crippen molar-refractivity contribution in [2.24, 2.45) is 0 Å². The van der Waals surface area contributed by atoms with Crippen molar-refractivity contribution in [3.05, 3.63) is 60.8 Å². The topological polar surface area (TPSA) is 72.8 Å². The largest absolute Gasteiger partial charge is 0.462 e. The molecule has 0 aromatic heterocycles. The van der Waals surface area contributed by atoms with Crippen LogP contribution in [0.2, 0.25) is 0 Å². The summed E-state index contributed by atoms with van der Waals surface area (Å²) >= 11 is 0. The Morgan fingerprint density at radius 2 is 0.977 bits per heavy atom. The lowest BCUT2D eigenvalue weighted by Gasteiger charge is -2.15. The van der Waals surface area contributed by atoms with Gasteiger partial charge in [0.2, 0.25) is 0 Å². The van der Waals surface area contributed by atoms with E-state index in [-0.39, 0.29) is 25.2 Å². The summed E-state index contributed by atoms with van der Waals surface area (Å²) in [6.45, 7) is 3.96. The van der Waals surface area contributed by atoms with E-state index in [9.17, 15) is 14.7 Å². The van der Waals surface area contributed by atoms with Gasteiger partial charge in [0.15, 0.2) is 6.10 Å². The molecule has 0 radical (unpaired) electrons. The van der Waals surface area contributed by atoms with Gasteiger partial charge in [-0.3, -0.25) is 9.59 Å². The molecule has 0 bridgehead atoms. The number of ether oxygens (including phenoxy) is 2. The second-order valence-electron chi connectivity index (χ2n) is 11.6. The van der Waals surface area contributed by atoms with Crippen LogP contribution in [-0.4, -0.2) is 36.4 Å². The number of unbranched alkanes of at least 4 members (excludes halogenated alkanes) is 13. The minimum Gasteiger partial charge on any atom is -0.462 e. The third kappa shape index (κ3) is 32.5. The fourth-order valence-electron chi connectivity index (χ4n) is 4.60. The summed E-state index contributed by atoms with van der Waals surface area (Å²) in [7, 11) is 0. The molecule has 1 atom stereocenters. The normalized spacial score (nSPS) is 12.9. The van der Waals surface area contributed by atoms with Crippen molar-refractivity contribution >= 4 is 11.9 Å². The Morgan fingerprint density at radius 3 is 1.50 bits per heavy atom. The molecule has 1 N–H and O–H groups in total. The Hall–Kier alpha value is -2.40. The number of hydrogen-bond donors (Lipinski definition) is 1. The lowest BCUT2D eigenvalue weighted by atomic mass is 10.1. The summed E-state index contributed by atoms with van der Waals surface area (Å²) in [6.07, 6.45) is 44.1. The predicted octanol–water partition coefficient (Wildman–Crippen LogP) is 10.8. The number of carbonyl (C=O) groups is 2. The second kappa shape index (κ2) is 35.1. The van der Waals surface area contributed by atoms with Gasteiger partial charge in [0.1, 0.15) is 6.61 Å². The zero-order chi connectivity index (χ0) is 32.2. The zero-order valence-electron chi connectivity index (χ0n) is 28.4. The van der Waals surface area contributed by atoms with Crippen LogP contribution < -0.4 is 0 Å². The molecule has 0 saturated heterocycles. The SMILES string of the molecule is CCC=CCC=CCC=CCC=CCCCCCCC(=O)OC(CO)COC(=O)CCCCCCCC=CCCCCCC. The first-order chi connectivity index (χ1) is 21.6. The molecular formula is C39H66O5. The molecule has 0 aromatic carbocycles. The van der Waals surface area contributed by atoms with Crippen molar-refractivity contribution in [2.75, 3.05) is 13.2 Å². The van der Waals surface area contributed by atoms with E-state index in [0.717, 1.165) is 83.5 Å². The zero-order valence-corrected chi connectivity index (χ0v) is 28.4. The summed E-state index contributed by atoms with van der Waals surface area (Å²) in [5, 5.41) is 9.52. The van der Waals surface area contributed by atoms with Crippen LogP contribution in [0.4, 0.5) is 0 Å². The van der Waals surface area contributed by atoms with Gasteiger partial charge >= 0.3 is 11.9 Å². The fourth-order valence-corrected chi connectivity index (χ4v) is 4.60. The highest BCUT2D eigenvalue weighted by Gasteiger charge is 2.16. The van der Waals surface area contributed by atoms with Gasteiger partial charge in [-0.05, 0) is 77.0 Å². The number of carbonyl (C=O) groups excluding carboxylic acids is 2. The van der Waals surface area contributed by atoms with Gasteiger partial charge in [0, 0.05) is 12.8 Å². The molecule has 5 nitrogen and oxygen atoms in total. The van der Waals surface area contributed by atoms with Crippen LogP contribution in [0, 0.1) is 0 Å². The Labute approximate surface area is 271 Å². The van der Waals surface area contributed by atoms with Gasteiger partial charge in [0.25, 0.3) is 0 Å². The first-order valence-electron chi connectivity index (χ1n) is 17.8. The summed E-state index contributed by atoms with van der Waals surface area (Å²) in [4.78, 5) is 24.2. The molecule has 0 aliphatic rings. The maximum atomic E-state index is 12.1. The van der Waals surface area contributed by atoms with Crippen LogP contribution in [0.25, 0.3) is 0 Å². The van der Waals surface area contributed by atoms with Gasteiger partial charge in [-0.15, -0.1) is 0 Å². The molecule has 0 spiro atoms. The average Bonchev–Trinajstić information content (AvgIpc) is 3.02. The van der Waals surface area contributed by atoms with E-state index in [1.807, 2.05) is 0 Å². The van der Waals surface area contributed by atoms with Gasteiger partial charge in [-0.25, -0.2) is 0 Å². The lowest BCUT2D eigenvalue weighted by molar-refractivity contribution is -0.161. The summed E-state index contributed by atoms with van der Waals surface area (Å²) in [5.74, 6) is -0.635. The van der Waals surface area contributed by atoms with Gasteiger partial charge in [-0.2, -0.15) is 0 Å². The highest BCUT2D eigenvalue weighted by Crippen LogP contribution is 2.11. The van der Waals surface area contributed by atoms with Crippen molar-refractivity contribution in [2.45, 2.75) is 161 Å². The quantitative estimate of drug-likeness (QED) is 0.0478. The minimum absolute atomic E-state index is 0.0826. The molecular weight excluding hydrogens is 548 g/mol. The molecule has 0 saturated carbocycles. The van der Waals surface area contributed by atoms with Crippen molar-refractivity contribution in [1.82, 2.24) is 0 Å². The molecule has 5 heteroatoms. The molecule has 0 heterocycles. The Balaban J connectivity index is 3.66. The van der Waals surface area contributed by atoms with Gasteiger partial charge < -0.3 is 14.6 Å². The van der Waals surface area contributed by atoms with E-state index in [0.29, 0.717) is 12.8 Å². The third-order valence-electron chi connectivity index (χ3n) is 7.30. The van der Waals surface area contributed by atoms with Crippen molar-refractivity contribution in [3.63, 3.8) is 0 Å². The van der Waals surface area contributed by atoms with Crippen LogP contribution in [0.15, 0.2) is 60.8 Å². The molecule has 1 unspecified atom stereocenters. The van der Waals surface area contributed by atoms with Crippen molar-refractivity contribution in [3.8, 4) is 0 Å². The molecule has 0 fully saturated rings. The highest BCUT2D eigenvalue weighted by molar-refractivity contribution is 5.70. The molecule has 44 heavy (non-hydrogen) atoms. The molecule has 0 aliphatic carbocycles. The number of esters is 2. The van der Waals surface area contributed by atoms with Crippen LogP contribution in [-0.2, 0) is 19.1 Å². The first-order valence-corrected chi connectivity index (χ1v) is 17.8. The smallest absolute Gasteiger partial charge is 0.306 e. The van der Waals surface area contributed by atoms with Crippen molar-refractivity contribution < 1.29 is 24.2 Å². The molecule has 252 valence electrons. The number of aliphatic hydroxyl groups excluding tert-OH is 1. The first kappa shape index (κ1) is 41.6. The molecule has 0 rings (SSSR count). The maximum Gasteiger partial charge on any atom is 0.306 e. The van der Waals surface area contributed by atoms with Crippen LogP contribution in [0.5, 0.6) is 0 Å². The second-order valence-corrected chi connectivity index (χ2v) is 11.6. The Kier molecular flexibility index (Phi) is 33.2. The standard InChI is InChI=1S/C39H66O5/c1-3-5-7-9-11-13-15-17-18-19-20-22-24-26-28-30-32-34-39(42)44-37(35-40)36-43-38(41)33-31-29-27-25-23-21-16-14-12-10-8-6-4-2/h5,7,11,13-14,16-18,20,22,37,40H,3-4,6,8-10,12,15,19,21,23-36H2,1-2H3. The van der Waals surface area contributed by atoms with Gasteiger partial charge in [0.05, 0.1) is 6.61 Å². The van der Waals surface area contributed by atoms with E-state index in [1.165, 1.54) is 44.9 Å². The van der Waals surface area contributed by atoms with E-state index in [4.69, 9.17) is 9.47 Å². The molecule has 0 aromatic rings. The van der Waals surface area contributed by atoms with E-state index >= 15 is 0 Å². The monoisotopic (exact) mass is 614 g/mol. The fraction of sp³-hybridized carbons (Fsp3) is 0.692. The average molecular weight is 615 g/mol. The highest BCUT2D eigenvalue weighted by atomic mass is 16.6. The minimum atomic E-state index is -0.788. The summed E-state index contributed by atoms with van der Waals surface area (Å²) in [5.41, 5.74) is 0. The van der Waals surface area contributed by atoms with E-state index in [2.05, 4.69) is 74.6 Å². The number of allylic oxidation sites excluding steroid dienone is 10. The van der Waals surface area contributed by atoms with E-state index in [1.54, 1.807) is 0 Å². The van der Waals surface area contributed by atoms with Crippen LogP contribution >= 0.6 is 0 Å². The predicted molar refractivity (Wildman–Crippen MR) is 187 cm³/mol. The number of hydrogen-bond acceptors (Lipinski definition) is 5. The van der Waals surface area contributed by atoms with Crippen LogP contribution in [0.3, 0.4) is 0 Å². The third-order valence-corrected chi connectivity index (χ3v) is 7.30. The summed E-state index contributed by atoms with van der Waals surface area (Å²) < 4.78 is 10.5. The molecule has 0 amide bonds. The Bertz CT molecular complexity index is 792. The lowest BCUT2D eigenvalue weighted by Crippen LogP contribution is -2.28. The maximum absolute atomic E-state index is 12.1. The Morgan fingerprint density at radius 1 is 0.545 bits per heavy atom. The number of rotatable bonds is 31. The number of aliphatic hydroxyl groups is 1. The summed E-state index contributed by atoms with van der Waals surface area (Å²) in [6, 6.07) is 0. The van der Waals surface area contributed by atoms with E-state index < -0.39 is 6.10 Å². The van der Waals surface area contributed by atoms with Crippen LogP contribution in [0.1, 0.15) is 155 Å².